The molecular weight excluding hydrogens is 352 g/mol. The third-order valence-corrected chi connectivity index (χ3v) is 6.32. The summed E-state index contributed by atoms with van der Waals surface area (Å²) < 4.78 is 37.6. The summed E-state index contributed by atoms with van der Waals surface area (Å²) in [6.07, 6.45) is 5.42. The lowest BCUT2D eigenvalue weighted by Crippen LogP contribution is -2.47. The first kappa shape index (κ1) is 18.9. The number of nitrogens with one attached hydrogen (secondary N) is 1. The summed E-state index contributed by atoms with van der Waals surface area (Å²) in [6, 6.07) is 6.80. The zero-order valence-electron chi connectivity index (χ0n) is 15.4. The van der Waals surface area contributed by atoms with Crippen LogP contribution in [0.1, 0.15) is 37.2 Å². The zero-order valence-corrected chi connectivity index (χ0v) is 16.2. The van der Waals surface area contributed by atoms with Crippen molar-refractivity contribution in [3.05, 3.63) is 48.0 Å². The van der Waals surface area contributed by atoms with Gasteiger partial charge in [0, 0.05) is 32.5 Å². The quantitative estimate of drug-likeness (QED) is 0.835. The Bertz CT molecular complexity index is 850. The number of hydrogen-bond donors (Lipinski definition) is 1. The van der Waals surface area contributed by atoms with Gasteiger partial charge in [0.25, 0.3) is 10.2 Å². The Morgan fingerprint density at radius 1 is 1.38 bits per heavy atom. The van der Waals surface area contributed by atoms with Crippen LogP contribution in [0.3, 0.4) is 0 Å². The van der Waals surface area contributed by atoms with Crippen molar-refractivity contribution in [3.63, 3.8) is 0 Å². The molecule has 1 fully saturated rings. The number of piperidine rings is 1. The standard InChI is InChI=1S/C18H26N4O3S/c1-14-6-5-10-22(13-14)26(23,24)20-17(18-19-9-11-21(18)2)15-7-4-8-16(12-15)25-3/h4,7-9,11-12,14,17,20H,5-6,10,13H2,1-3H3. The van der Waals surface area contributed by atoms with Crippen LogP contribution in [-0.2, 0) is 17.3 Å². The molecule has 2 heterocycles. The Kier molecular flexibility index (Phi) is 5.64. The molecule has 1 N–H and O–H groups in total. The van der Waals surface area contributed by atoms with Crippen LogP contribution < -0.4 is 9.46 Å². The monoisotopic (exact) mass is 378 g/mol. The highest BCUT2D eigenvalue weighted by molar-refractivity contribution is 7.87. The molecule has 0 amide bonds. The van der Waals surface area contributed by atoms with E-state index in [4.69, 9.17) is 4.74 Å². The van der Waals surface area contributed by atoms with Gasteiger partial charge in [-0.2, -0.15) is 17.4 Å². The summed E-state index contributed by atoms with van der Waals surface area (Å²) in [6.45, 7) is 3.17. The summed E-state index contributed by atoms with van der Waals surface area (Å²) in [7, 11) is -0.191. The number of hydrogen-bond acceptors (Lipinski definition) is 4. The molecule has 0 aliphatic carbocycles. The highest BCUT2D eigenvalue weighted by atomic mass is 32.2. The fourth-order valence-corrected chi connectivity index (χ4v) is 4.84. The van der Waals surface area contributed by atoms with Gasteiger partial charge in [0.05, 0.1) is 7.11 Å². The maximum atomic E-state index is 13.0. The lowest BCUT2D eigenvalue weighted by atomic mass is 10.0. The fourth-order valence-electron chi connectivity index (χ4n) is 3.33. The second kappa shape index (κ2) is 7.77. The van der Waals surface area contributed by atoms with E-state index in [1.165, 1.54) is 4.31 Å². The van der Waals surface area contributed by atoms with Crippen molar-refractivity contribution in [2.45, 2.75) is 25.8 Å². The number of nitrogens with zero attached hydrogens (tertiary/aromatic N) is 3. The molecule has 1 aliphatic rings. The van der Waals surface area contributed by atoms with Crippen LogP contribution in [0.15, 0.2) is 36.7 Å². The third kappa shape index (κ3) is 4.08. The number of aromatic nitrogens is 2. The molecule has 142 valence electrons. The van der Waals surface area contributed by atoms with Gasteiger partial charge in [0.1, 0.15) is 17.6 Å². The maximum absolute atomic E-state index is 13.0. The fraction of sp³-hybridized carbons (Fsp3) is 0.500. The highest BCUT2D eigenvalue weighted by Gasteiger charge is 2.31. The Morgan fingerprint density at radius 3 is 2.85 bits per heavy atom. The van der Waals surface area contributed by atoms with Gasteiger partial charge in [-0.25, -0.2) is 4.98 Å². The molecule has 7 nitrogen and oxygen atoms in total. The van der Waals surface area contributed by atoms with Crippen LogP contribution >= 0.6 is 0 Å². The van der Waals surface area contributed by atoms with E-state index in [1.54, 1.807) is 19.5 Å². The van der Waals surface area contributed by atoms with Gasteiger partial charge in [0.2, 0.25) is 0 Å². The maximum Gasteiger partial charge on any atom is 0.280 e. The average Bonchev–Trinajstić information content (AvgIpc) is 3.05. The summed E-state index contributed by atoms with van der Waals surface area (Å²) in [5, 5.41) is 0. The lowest BCUT2D eigenvalue weighted by Gasteiger charge is -2.31. The smallest absolute Gasteiger partial charge is 0.280 e. The van der Waals surface area contributed by atoms with Crippen molar-refractivity contribution >= 4 is 10.2 Å². The van der Waals surface area contributed by atoms with Gasteiger partial charge >= 0.3 is 0 Å². The number of methoxy groups -OCH3 is 1. The normalized spacial score (nSPS) is 20.0. The molecular formula is C18H26N4O3S. The summed E-state index contributed by atoms with van der Waals surface area (Å²) in [5.74, 6) is 1.67. The first-order chi connectivity index (χ1) is 12.4. The minimum Gasteiger partial charge on any atom is -0.497 e. The molecule has 1 aromatic carbocycles. The first-order valence-corrected chi connectivity index (χ1v) is 10.2. The second-order valence-electron chi connectivity index (χ2n) is 6.83. The topological polar surface area (TPSA) is 76.5 Å². The minimum atomic E-state index is -3.64. The SMILES string of the molecule is COc1cccc(C(NS(=O)(=O)N2CCCC(C)C2)c2nccn2C)c1. The predicted octanol–water partition coefficient (Wildman–Crippen LogP) is 2.08. The van der Waals surface area contributed by atoms with E-state index in [-0.39, 0.29) is 0 Å². The van der Waals surface area contributed by atoms with E-state index in [9.17, 15) is 8.42 Å². The average molecular weight is 378 g/mol. The minimum absolute atomic E-state index is 0.365. The van der Waals surface area contributed by atoms with Gasteiger partial charge in [-0.05, 0) is 36.5 Å². The van der Waals surface area contributed by atoms with Crippen molar-refractivity contribution in [2.24, 2.45) is 13.0 Å². The van der Waals surface area contributed by atoms with Crippen LogP contribution in [0.2, 0.25) is 0 Å². The van der Waals surface area contributed by atoms with Crippen LogP contribution in [0.5, 0.6) is 5.75 Å². The summed E-state index contributed by atoms with van der Waals surface area (Å²) >= 11 is 0. The molecule has 2 unspecified atom stereocenters. The molecule has 0 radical (unpaired) electrons. The molecule has 1 aromatic heterocycles. The van der Waals surface area contributed by atoms with Crippen molar-refractivity contribution in [3.8, 4) is 5.75 Å². The Hall–Kier alpha value is -1.90. The number of benzene rings is 1. The molecule has 1 saturated heterocycles. The Morgan fingerprint density at radius 2 is 2.19 bits per heavy atom. The van der Waals surface area contributed by atoms with E-state index in [1.807, 2.05) is 35.9 Å². The van der Waals surface area contributed by atoms with Crippen molar-refractivity contribution in [1.82, 2.24) is 18.6 Å². The Balaban J connectivity index is 1.95. The van der Waals surface area contributed by atoms with Gasteiger partial charge in [-0.3, -0.25) is 0 Å². The molecule has 1 aliphatic heterocycles. The van der Waals surface area contributed by atoms with Crippen molar-refractivity contribution in [2.75, 3.05) is 20.2 Å². The predicted molar refractivity (Wildman–Crippen MR) is 100 cm³/mol. The Labute approximate surface area is 155 Å². The number of rotatable bonds is 6. The molecule has 0 spiro atoms. The van der Waals surface area contributed by atoms with Crippen LogP contribution in [0.25, 0.3) is 0 Å². The van der Waals surface area contributed by atoms with Gasteiger partial charge < -0.3 is 9.30 Å². The molecule has 3 rings (SSSR count). The van der Waals surface area contributed by atoms with Gasteiger partial charge in [-0.1, -0.05) is 19.1 Å². The molecule has 8 heteroatoms. The number of ether oxygens (including phenoxy) is 1. The molecule has 2 aromatic rings. The van der Waals surface area contributed by atoms with E-state index in [2.05, 4.69) is 16.6 Å². The van der Waals surface area contributed by atoms with Crippen molar-refractivity contribution < 1.29 is 13.2 Å². The van der Waals surface area contributed by atoms with E-state index >= 15 is 0 Å². The van der Waals surface area contributed by atoms with E-state index < -0.39 is 16.3 Å². The van der Waals surface area contributed by atoms with E-state index in [0.717, 1.165) is 18.4 Å². The van der Waals surface area contributed by atoms with Crippen LogP contribution in [0.4, 0.5) is 0 Å². The first-order valence-electron chi connectivity index (χ1n) is 8.79. The molecule has 2 atom stereocenters. The number of aryl methyl sites for hydroxylation is 1. The highest BCUT2D eigenvalue weighted by Crippen LogP contribution is 2.26. The second-order valence-corrected chi connectivity index (χ2v) is 8.54. The van der Waals surface area contributed by atoms with Crippen LogP contribution in [-0.4, -0.2) is 42.5 Å². The van der Waals surface area contributed by atoms with Crippen LogP contribution in [0, 0.1) is 5.92 Å². The largest absolute Gasteiger partial charge is 0.497 e. The summed E-state index contributed by atoms with van der Waals surface area (Å²) in [5.41, 5.74) is 0.785. The molecule has 0 saturated carbocycles. The van der Waals surface area contributed by atoms with E-state index in [0.29, 0.717) is 30.6 Å². The van der Waals surface area contributed by atoms with Gasteiger partial charge in [0.15, 0.2) is 0 Å². The molecule has 0 bridgehead atoms. The summed E-state index contributed by atoms with van der Waals surface area (Å²) in [4.78, 5) is 4.37. The molecule has 26 heavy (non-hydrogen) atoms. The number of imidazole rings is 1. The van der Waals surface area contributed by atoms with Crippen molar-refractivity contribution in [1.29, 1.82) is 0 Å². The lowest BCUT2D eigenvalue weighted by molar-refractivity contribution is 0.277. The third-order valence-electron chi connectivity index (χ3n) is 4.77. The van der Waals surface area contributed by atoms with Gasteiger partial charge in [-0.15, -0.1) is 0 Å². The zero-order chi connectivity index (χ0) is 18.7.